The molecule has 7 nitrogen and oxygen atoms in total. The summed E-state index contributed by atoms with van der Waals surface area (Å²) >= 11 is 0. The second-order valence-electron chi connectivity index (χ2n) is 5.26. The van der Waals surface area contributed by atoms with E-state index in [-0.39, 0.29) is 24.0 Å². The fourth-order valence-electron chi connectivity index (χ4n) is 2.57. The van der Waals surface area contributed by atoms with E-state index in [0.717, 1.165) is 12.2 Å². The van der Waals surface area contributed by atoms with Crippen LogP contribution in [0.4, 0.5) is 0 Å². The third-order valence-corrected chi connectivity index (χ3v) is 3.71. The highest BCUT2D eigenvalue weighted by molar-refractivity contribution is 5.82. The number of ether oxygens (including phenoxy) is 2. The van der Waals surface area contributed by atoms with Crippen molar-refractivity contribution in [2.24, 2.45) is 5.92 Å². The zero-order valence-corrected chi connectivity index (χ0v) is 11.8. The smallest absolute Gasteiger partial charge is 0.228 e. The van der Waals surface area contributed by atoms with Crippen LogP contribution in [0.5, 0.6) is 0 Å². The van der Waals surface area contributed by atoms with Crippen LogP contribution < -0.4 is 0 Å². The van der Waals surface area contributed by atoms with Crippen molar-refractivity contribution < 1.29 is 14.3 Å². The number of H-pyrrole nitrogens is 1. The van der Waals surface area contributed by atoms with E-state index >= 15 is 0 Å². The zero-order valence-electron chi connectivity index (χ0n) is 11.8. The minimum Gasteiger partial charge on any atom is -0.378 e. The Hall–Kier alpha value is -1.47. The third kappa shape index (κ3) is 2.69. The number of aromatic nitrogens is 3. The molecule has 110 valence electrons. The van der Waals surface area contributed by atoms with Gasteiger partial charge < -0.3 is 14.4 Å². The molecule has 2 aliphatic rings. The van der Waals surface area contributed by atoms with Crippen molar-refractivity contribution in [1.82, 2.24) is 20.1 Å². The first-order valence-corrected chi connectivity index (χ1v) is 7.10. The van der Waals surface area contributed by atoms with Crippen LogP contribution in [0.3, 0.4) is 0 Å². The van der Waals surface area contributed by atoms with Crippen LogP contribution in [0.2, 0.25) is 0 Å². The molecule has 3 atom stereocenters. The number of nitrogens with zero attached hydrogens (tertiary/aromatic N) is 3. The maximum absolute atomic E-state index is 12.4. The highest BCUT2D eigenvalue weighted by Crippen LogP contribution is 2.36. The van der Waals surface area contributed by atoms with Crippen LogP contribution in [-0.2, 0) is 14.3 Å². The van der Waals surface area contributed by atoms with Crippen LogP contribution in [-0.4, -0.2) is 58.4 Å². The van der Waals surface area contributed by atoms with E-state index in [1.807, 2.05) is 18.7 Å². The predicted octanol–water partition coefficient (Wildman–Crippen LogP) is 0.438. The molecule has 2 fully saturated rings. The summed E-state index contributed by atoms with van der Waals surface area (Å²) in [6.07, 6.45) is 0.718. The first kappa shape index (κ1) is 13.5. The monoisotopic (exact) mass is 280 g/mol. The van der Waals surface area contributed by atoms with Crippen LogP contribution in [0.15, 0.2) is 0 Å². The number of hydrogen-bond donors (Lipinski definition) is 1. The SMILES string of the molecule is CCOC1CC1C(=O)N1CCOC(c2n[nH]c(C)n2)C1. The fraction of sp³-hybridized carbons (Fsp3) is 0.769. The van der Waals surface area contributed by atoms with E-state index in [1.165, 1.54) is 0 Å². The van der Waals surface area contributed by atoms with E-state index in [1.54, 1.807) is 0 Å². The lowest BCUT2D eigenvalue weighted by Crippen LogP contribution is -2.43. The number of hydrogen-bond acceptors (Lipinski definition) is 5. The summed E-state index contributed by atoms with van der Waals surface area (Å²) in [5, 5.41) is 6.92. The lowest BCUT2D eigenvalue weighted by Gasteiger charge is -2.31. The number of aryl methyl sites for hydroxylation is 1. The molecule has 2 heterocycles. The Kier molecular flexibility index (Phi) is 3.71. The molecule has 1 aromatic rings. The van der Waals surface area contributed by atoms with E-state index in [9.17, 15) is 4.79 Å². The number of nitrogens with one attached hydrogen (secondary N) is 1. The van der Waals surface area contributed by atoms with E-state index in [2.05, 4.69) is 15.2 Å². The Morgan fingerprint density at radius 1 is 1.60 bits per heavy atom. The molecule has 1 saturated heterocycles. The average Bonchev–Trinajstić information content (AvgIpc) is 3.09. The van der Waals surface area contributed by atoms with Crippen LogP contribution in [0, 0.1) is 12.8 Å². The predicted molar refractivity (Wildman–Crippen MR) is 69.9 cm³/mol. The van der Waals surface area contributed by atoms with E-state index in [4.69, 9.17) is 9.47 Å². The summed E-state index contributed by atoms with van der Waals surface area (Å²) in [7, 11) is 0. The topological polar surface area (TPSA) is 80.3 Å². The van der Waals surface area contributed by atoms with Crippen molar-refractivity contribution in [2.75, 3.05) is 26.3 Å². The molecule has 1 N–H and O–H groups in total. The molecule has 1 aromatic heterocycles. The second-order valence-corrected chi connectivity index (χ2v) is 5.26. The van der Waals surface area contributed by atoms with Gasteiger partial charge in [0.2, 0.25) is 5.91 Å². The van der Waals surface area contributed by atoms with Crippen molar-refractivity contribution >= 4 is 5.91 Å². The highest BCUT2D eigenvalue weighted by atomic mass is 16.5. The normalized spacial score (nSPS) is 29.5. The van der Waals surface area contributed by atoms with E-state index in [0.29, 0.717) is 32.1 Å². The number of amides is 1. The van der Waals surface area contributed by atoms with Gasteiger partial charge in [-0.2, -0.15) is 5.10 Å². The van der Waals surface area contributed by atoms with Crippen molar-refractivity contribution in [1.29, 1.82) is 0 Å². The Balaban J connectivity index is 1.59. The van der Waals surface area contributed by atoms with Gasteiger partial charge in [0, 0.05) is 13.2 Å². The van der Waals surface area contributed by atoms with Crippen molar-refractivity contribution in [3.05, 3.63) is 11.6 Å². The standard InChI is InChI=1S/C13H20N4O3/c1-3-19-10-6-9(10)13(18)17-4-5-20-11(7-17)12-14-8(2)15-16-12/h9-11H,3-7H2,1-2H3,(H,14,15,16). The summed E-state index contributed by atoms with van der Waals surface area (Å²) in [6, 6.07) is 0. The number of aromatic amines is 1. The van der Waals surface area contributed by atoms with Crippen LogP contribution >= 0.6 is 0 Å². The first-order valence-electron chi connectivity index (χ1n) is 7.10. The third-order valence-electron chi connectivity index (χ3n) is 3.71. The maximum Gasteiger partial charge on any atom is 0.228 e. The van der Waals surface area contributed by atoms with Crippen LogP contribution in [0.1, 0.15) is 31.1 Å². The van der Waals surface area contributed by atoms with Crippen molar-refractivity contribution in [3.63, 3.8) is 0 Å². The van der Waals surface area contributed by atoms with Crippen molar-refractivity contribution in [3.8, 4) is 0 Å². The maximum atomic E-state index is 12.4. The van der Waals surface area contributed by atoms with Crippen molar-refractivity contribution in [2.45, 2.75) is 32.5 Å². The second kappa shape index (κ2) is 5.49. The van der Waals surface area contributed by atoms with Gasteiger partial charge in [-0.15, -0.1) is 0 Å². The molecule has 1 amide bonds. The van der Waals surface area contributed by atoms with Gasteiger partial charge in [-0.3, -0.25) is 9.89 Å². The zero-order chi connectivity index (χ0) is 14.1. The van der Waals surface area contributed by atoms with Gasteiger partial charge in [-0.1, -0.05) is 0 Å². The molecule has 0 radical (unpaired) electrons. The molecule has 7 heteroatoms. The quantitative estimate of drug-likeness (QED) is 0.865. The lowest BCUT2D eigenvalue weighted by atomic mass is 10.2. The molecule has 1 aliphatic carbocycles. The number of rotatable bonds is 4. The molecule has 3 unspecified atom stereocenters. The Morgan fingerprint density at radius 2 is 2.45 bits per heavy atom. The average molecular weight is 280 g/mol. The first-order chi connectivity index (χ1) is 9.69. The molecular formula is C13H20N4O3. The Bertz CT molecular complexity index is 490. The minimum atomic E-state index is -0.234. The largest absolute Gasteiger partial charge is 0.378 e. The summed E-state index contributed by atoms with van der Waals surface area (Å²) in [5.41, 5.74) is 0. The lowest BCUT2D eigenvalue weighted by molar-refractivity contribution is -0.141. The highest BCUT2D eigenvalue weighted by Gasteiger charge is 2.46. The Morgan fingerprint density at radius 3 is 3.15 bits per heavy atom. The van der Waals surface area contributed by atoms with E-state index < -0.39 is 0 Å². The molecule has 0 spiro atoms. The van der Waals surface area contributed by atoms with Gasteiger partial charge in [-0.05, 0) is 20.3 Å². The summed E-state index contributed by atoms with van der Waals surface area (Å²) in [6.45, 7) is 6.14. The van der Waals surface area contributed by atoms with Crippen LogP contribution in [0.25, 0.3) is 0 Å². The Labute approximate surface area is 117 Å². The van der Waals surface area contributed by atoms with Gasteiger partial charge in [0.25, 0.3) is 0 Å². The summed E-state index contributed by atoms with van der Waals surface area (Å²) in [5.74, 6) is 1.58. The molecule has 1 aliphatic heterocycles. The van der Waals surface area contributed by atoms with Gasteiger partial charge >= 0.3 is 0 Å². The molecule has 20 heavy (non-hydrogen) atoms. The molecule has 1 saturated carbocycles. The van der Waals surface area contributed by atoms with Gasteiger partial charge in [0.05, 0.1) is 25.2 Å². The number of carbonyl (C=O) groups excluding carboxylic acids is 1. The molecular weight excluding hydrogens is 260 g/mol. The van der Waals surface area contributed by atoms with Gasteiger partial charge in [-0.25, -0.2) is 4.98 Å². The summed E-state index contributed by atoms with van der Waals surface area (Å²) in [4.78, 5) is 18.5. The molecule has 3 rings (SSSR count). The number of carbonyl (C=O) groups is 1. The molecule has 0 bridgehead atoms. The number of morpholine rings is 1. The summed E-state index contributed by atoms with van der Waals surface area (Å²) < 4.78 is 11.1. The van der Waals surface area contributed by atoms with Gasteiger partial charge in [0.15, 0.2) is 5.82 Å². The molecule has 0 aromatic carbocycles. The minimum absolute atomic E-state index is 0.0302. The van der Waals surface area contributed by atoms with Gasteiger partial charge in [0.1, 0.15) is 11.9 Å². The fourth-order valence-corrected chi connectivity index (χ4v) is 2.57.